The van der Waals surface area contributed by atoms with Gasteiger partial charge < -0.3 is 44.4 Å². The molecule has 0 aliphatic carbocycles. The minimum absolute atomic E-state index is 0. The van der Waals surface area contributed by atoms with E-state index in [-0.39, 0.29) is 37.6 Å². The third-order valence-corrected chi connectivity index (χ3v) is 5.96. The molecule has 1 rings (SSSR count). The SMILES string of the molecule is CCCCCCCCCc1ccc(OCCOCCOCCOCCOCCOCCOCCOCCO)cc1.[H-].[Na+]. The second kappa shape index (κ2) is 34.2. The van der Waals surface area contributed by atoms with Crippen LogP contribution in [0.5, 0.6) is 5.75 Å². The van der Waals surface area contributed by atoms with Crippen molar-refractivity contribution in [3.8, 4) is 5.75 Å². The van der Waals surface area contributed by atoms with Crippen molar-refractivity contribution in [3.05, 3.63) is 29.8 Å². The summed E-state index contributed by atoms with van der Waals surface area (Å²) in [5.41, 5.74) is 1.38. The van der Waals surface area contributed by atoms with Crippen molar-refractivity contribution in [2.75, 3.05) is 106 Å². The number of hydrogen-bond donors (Lipinski definition) is 1. The van der Waals surface area contributed by atoms with Gasteiger partial charge in [0.1, 0.15) is 12.4 Å². The summed E-state index contributed by atoms with van der Waals surface area (Å²) >= 11 is 0. The molecule has 0 saturated carbocycles. The maximum atomic E-state index is 8.58. The van der Waals surface area contributed by atoms with Gasteiger partial charge in [-0.3, -0.25) is 0 Å². The number of unbranched alkanes of at least 4 members (excludes halogenated alkanes) is 6. The molecule has 236 valence electrons. The Kier molecular flexibility index (Phi) is 33.9. The fraction of sp³-hybridized carbons (Fsp3) is 0.806. The number of aliphatic hydroxyl groups is 1. The van der Waals surface area contributed by atoms with Crippen LogP contribution in [0.15, 0.2) is 24.3 Å². The van der Waals surface area contributed by atoms with Crippen LogP contribution in [0.1, 0.15) is 58.9 Å². The first-order chi connectivity index (χ1) is 19.9. The van der Waals surface area contributed by atoms with Gasteiger partial charge in [-0.15, -0.1) is 0 Å². The molecule has 0 spiro atoms. The molecule has 0 unspecified atom stereocenters. The van der Waals surface area contributed by atoms with Crippen LogP contribution in [-0.2, 0) is 39.6 Å². The van der Waals surface area contributed by atoms with Gasteiger partial charge in [-0.1, -0.05) is 57.6 Å². The van der Waals surface area contributed by atoms with Crippen molar-refractivity contribution in [3.63, 3.8) is 0 Å². The Balaban J connectivity index is 0. The minimum Gasteiger partial charge on any atom is -1.00 e. The summed E-state index contributed by atoms with van der Waals surface area (Å²) in [5, 5.41) is 8.58. The monoisotopic (exact) mass is 596 g/mol. The van der Waals surface area contributed by atoms with E-state index in [4.69, 9.17) is 43.0 Å². The van der Waals surface area contributed by atoms with E-state index in [0.717, 1.165) is 12.2 Å². The summed E-state index contributed by atoms with van der Waals surface area (Å²) in [6.07, 6.45) is 10.5. The molecule has 1 N–H and O–H groups in total. The average molecular weight is 597 g/mol. The van der Waals surface area contributed by atoms with E-state index in [9.17, 15) is 0 Å². The molecule has 10 heteroatoms. The molecular weight excluding hydrogens is 539 g/mol. The van der Waals surface area contributed by atoms with Gasteiger partial charge in [0.05, 0.1) is 99.1 Å². The number of rotatable bonds is 32. The van der Waals surface area contributed by atoms with Crippen molar-refractivity contribution in [1.82, 2.24) is 0 Å². The summed E-state index contributed by atoms with van der Waals surface area (Å²) in [4.78, 5) is 0. The Hall–Kier alpha value is -0.300. The quantitative estimate of drug-likeness (QED) is 0.0983. The van der Waals surface area contributed by atoms with Crippen molar-refractivity contribution in [2.45, 2.75) is 58.3 Å². The van der Waals surface area contributed by atoms with Gasteiger partial charge in [-0.05, 0) is 30.5 Å². The topological polar surface area (TPSA) is 94.1 Å². The van der Waals surface area contributed by atoms with E-state index in [1.54, 1.807) is 0 Å². The van der Waals surface area contributed by atoms with Gasteiger partial charge in [-0.2, -0.15) is 0 Å². The molecule has 1 aromatic carbocycles. The molecule has 0 radical (unpaired) electrons. The maximum absolute atomic E-state index is 8.58. The third-order valence-electron chi connectivity index (χ3n) is 5.96. The molecule has 0 saturated heterocycles. The molecule has 0 heterocycles. The number of aliphatic hydroxyl groups excluding tert-OH is 1. The summed E-state index contributed by atoms with van der Waals surface area (Å²) in [6, 6.07) is 8.45. The molecule has 0 aliphatic rings. The molecule has 0 aliphatic heterocycles. The average Bonchev–Trinajstić information content (AvgIpc) is 2.98. The van der Waals surface area contributed by atoms with Crippen LogP contribution in [0.2, 0.25) is 0 Å². The molecule has 0 atom stereocenters. The van der Waals surface area contributed by atoms with Gasteiger partial charge in [0.15, 0.2) is 0 Å². The first-order valence-electron chi connectivity index (χ1n) is 15.2. The van der Waals surface area contributed by atoms with Crippen LogP contribution in [0.4, 0.5) is 0 Å². The van der Waals surface area contributed by atoms with Crippen molar-refractivity contribution >= 4 is 0 Å². The molecule has 0 fully saturated rings. The zero-order chi connectivity index (χ0) is 28.6. The van der Waals surface area contributed by atoms with Gasteiger partial charge >= 0.3 is 29.6 Å². The first-order valence-corrected chi connectivity index (χ1v) is 15.2. The van der Waals surface area contributed by atoms with Crippen molar-refractivity contribution in [2.24, 2.45) is 0 Å². The Morgan fingerprint density at radius 3 is 1.27 bits per heavy atom. The van der Waals surface area contributed by atoms with Gasteiger partial charge in [0, 0.05) is 0 Å². The molecular formula is C31H57NaO9. The van der Waals surface area contributed by atoms with E-state index in [0.29, 0.717) is 99.1 Å². The van der Waals surface area contributed by atoms with Crippen LogP contribution >= 0.6 is 0 Å². The van der Waals surface area contributed by atoms with Crippen LogP contribution in [-0.4, -0.2) is 111 Å². The number of ether oxygens (including phenoxy) is 8. The van der Waals surface area contributed by atoms with Crippen LogP contribution < -0.4 is 34.3 Å². The van der Waals surface area contributed by atoms with E-state index in [1.165, 1.54) is 50.5 Å². The Labute approximate surface area is 272 Å². The normalized spacial score (nSPS) is 11.1. The predicted molar refractivity (Wildman–Crippen MR) is 158 cm³/mol. The molecule has 41 heavy (non-hydrogen) atoms. The van der Waals surface area contributed by atoms with Crippen LogP contribution in [0.3, 0.4) is 0 Å². The summed E-state index contributed by atoms with van der Waals surface area (Å²) in [6.45, 7) is 9.90. The molecule has 9 nitrogen and oxygen atoms in total. The summed E-state index contributed by atoms with van der Waals surface area (Å²) < 4.78 is 43.6. The smallest absolute Gasteiger partial charge is 1.00 e. The van der Waals surface area contributed by atoms with Crippen LogP contribution in [0, 0.1) is 0 Å². The maximum Gasteiger partial charge on any atom is 1.00 e. The fourth-order valence-corrected chi connectivity index (χ4v) is 3.74. The molecule has 0 aromatic heterocycles. The van der Waals surface area contributed by atoms with Gasteiger partial charge in [0.25, 0.3) is 0 Å². The molecule has 0 amide bonds. The van der Waals surface area contributed by atoms with E-state index in [1.807, 2.05) is 0 Å². The second-order valence-corrected chi connectivity index (χ2v) is 9.37. The fourth-order valence-electron chi connectivity index (χ4n) is 3.74. The van der Waals surface area contributed by atoms with Gasteiger partial charge in [-0.25, -0.2) is 0 Å². The van der Waals surface area contributed by atoms with Crippen molar-refractivity contribution in [1.29, 1.82) is 0 Å². The number of hydrogen-bond acceptors (Lipinski definition) is 9. The Morgan fingerprint density at radius 2 is 0.854 bits per heavy atom. The minimum atomic E-state index is 0. The van der Waals surface area contributed by atoms with E-state index >= 15 is 0 Å². The van der Waals surface area contributed by atoms with Crippen molar-refractivity contribution < 1.29 is 74.0 Å². The number of aryl methyl sites for hydroxylation is 1. The first kappa shape index (κ1) is 40.7. The standard InChI is InChI=1S/C31H56O9.Na.H/c1-2-3-4-5-6-7-8-9-30-10-12-31(13-11-30)40-29-28-39-27-26-38-25-24-37-23-22-36-21-20-35-19-18-34-17-16-33-15-14-32;;/h10-13,32H,2-9,14-29H2,1H3;;/q;+1;-1. The Bertz CT molecular complexity index is 629. The number of benzene rings is 1. The van der Waals surface area contributed by atoms with Gasteiger partial charge in [0.2, 0.25) is 0 Å². The predicted octanol–water partition coefficient (Wildman–Crippen LogP) is 1.58. The third kappa shape index (κ3) is 29.5. The molecule has 1 aromatic rings. The van der Waals surface area contributed by atoms with Crippen LogP contribution in [0.25, 0.3) is 0 Å². The Morgan fingerprint density at radius 1 is 0.488 bits per heavy atom. The summed E-state index contributed by atoms with van der Waals surface area (Å²) in [5.74, 6) is 0.888. The zero-order valence-electron chi connectivity index (χ0n) is 27.0. The zero-order valence-corrected chi connectivity index (χ0v) is 28.0. The molecule has 0 bridgehead atoms. The largest absolute Gasteiger partial charge is 1.00 e. The van der Waals surface area contributed by atoms with E-state index < -0.39 is 0 Å². The van der Waals surface area contributed by atoms with E-state index in [2.05, 4.69) is 31.2 Å². The summed E-state index contributed by atoms with van der Waals surface area (Å²) in [7, 11) is 0. The second-order valence-electron chi connectivity index (χ2n) is 9.37.